The van der Waals surface area contributed by atoms with Gasteiger partial charge in [0, 0.05) is 5.56 Å². The summed E-state index contributed by atoms with van der Waals surface area (Å²) >= 11 is 0. The topological polar surface area (TPSA) is 80.0 Å². The van der Waals surface area contributed by atoms with Crippen LogP contribution >= 0.6 is 0 Å². The van der Waals surface area contributed by atoms with Gasteiger partial charge in [0.2, 0.25) is 17.6 Å². The molecule has 0 aliphatic carbocycles. The van der Waals surface area contributed by atoms with Crippen molar-refractivity contribution < 1.29 is 9.32 Å². The lowest BCUT2D eigenvalue weighted by Gasteiger charge is -2.22. The molecule has 1 fully saturated rings. The number of carbonyl (C=O) groups is 1. The summed E-state index contributed by atoms with van der Waals surface area (Å²) in [5, 5.41) is 10.2. The molecule has 1 aliphatic rings. The van der Waals surface area contributed by atoms with Crippen LogP contribution in [0.15, 0.2) is 28.8 Å². The number of rotatable bonds is 13. The van der Waals surface area contributed by atoms with Crippen LogP contribution in [-0.4, -0.2) is 28.6 Å². The molecule has 2 N–H and O–H groups in total. The SMILES string of the molecule is CCCCCCCCCCc1ccc(-c2noc(CNC(=O)[C@H]3CCCCN3)n2)cc1. The summed E-state index contributed by atoms with van der Waals surface area (Å²) in [4.78, 5) is 16.6. The zero-order valence-electron chi connectivity index (χ0n) is 19.0. The maximum atomic E-state index is 12.2. The van der Waals surface area contributed by atoms with Gasteiger partial charge in [0.1, 0.15) is 0 Å². The lowest BCUT2D eigenvalue weighted by molar-refractivity contribution is -0.123. The number of nitrogens with one attached hydrogen (secondary N) is 2. The molecule has 3 rings (SSSR count). The Morgan fingerprint density at radius 1 is 1.06 bits per heavy atom. The monoisotopic (exact) mass is 426 g/mol. The van der Waals surface area contributed by atoms with Crippen molar-refractivity contribution in [2.75, 3.05) is 6.54 Å². The van der Waals surface area contributed by atoms with E-state index in [4.69, 9.17) is 4.52 Å². The average Bonchev–Trinajstić information content (AvgIpc) is 3.29. The van der Waals surface area contributed by atoms with Gasteiger partial charge in [0.05, 0.1) is 12.6 Å². The summed E-state index contributed by atoms with van der Waals surface area (Å²) < 4.78 is 5.32. The second-order valence-corrected chi connectivity index (χ2v) is 8.65. The van der Waals surface area contributed by atoms with Gasteiger partial charge in [-0.1, -0.05) is 87.7 Å². The minimum absolute atomic E-state index is 0.00441. The highest BCUT2D eigenvalue weighted by Gasteiger charge is 2.20. The molecule has 0 bridgehead atoms. The van der Waals surface area contributed by atoms with E-state index in [0.717, 1.165) is 37.8 Å². The lowest BCUT2D eigenvalue weighted by Crippen LogP contribution is -2.46. The molecule has 0 unspecified atom stereocenters. The first-order chi connectivity index (χ1) is 15.3. The number of hydrogen-bond donors (Lipinski definition) is 2. The van der Waals surface area contributed by atoms with Gasteiger partial charge in [0.15, 0.2) is 0 Å². The fourth-order valence-electron chi connectivity index (χ4n) is 4.09. The van der Waals surface area contributed by atoms with E-state index in [1.165, 1.54) is 56.9 Å². The molecule has 1 saturated heterocycles. The Morgan fingerprint density at radius 3 is 2.52 bits per heavy atom. The first-order valence-electron chi connectivity index (χ1n) is 12.2. The van der Waals surface area contributed by atoms with Crippen molar-refractivity contribution in [2.45, 2.75) is 96.6 Å². The van der Waals surface area contributed by atoms with Crippen molar-refractivity contribution in [3.8, 4) is 11.4 Å². The molecule has 0 spiro atoms. The Labute approximate surface area is 186 Å². The Hall–Kier alpha value is -2.21. The van der Waals surface area contributed by atoms with E-state index < -0.39 is 0 Å². The first kappa shape index (κ1) is 23.5. The lowest BCUT2D eigenvalue weighted by atomic mass is 10.0. The van der Waals surface area contributed by atoms with Crippen LogP contribution in [0.5, 0.6) is 0 Å². The molecule has 6 nitrogen and oxygen atoms in total. The summed E-state index contributed by atoms with van der Waals surface area (Å²) in [6.07, 6.45) is 15.0. The van der Waals surface area contributed by atoms with Crippen LogP contribution in [0.4, 0.5) is 0 Å². The smallest absolute Gasteiger partial charge is 0.246 e. The molecule has 6 heteroatoms. The quantitative estimate of drug-likeness (QED) is 0.432. The van der Waals surface area contributed by atoms with Gasteiger partial charge in [-0.25, -0.2) is 0 Å². The molecule has 2 aromatic rings. The largest absolute Gasteiger partial charge is 0.346 e. The molecule has 31 heavy (non-hydrogen) atoms. The summed E-state index contributed by atoms with van der Waals surface area (Å²) in [7, 11) is 0. The number of unbranched alkanes of at least 4 members (excludes halogenated alkanes) is 7. The molecule has 1 aromatic carbocycles. The second-order valence-electron chi connectivity index (χ2n) is 8.65. The number of amides is 1. The normalized spacial score (nSPS) is 16.4. The van der Waals surface area contributed by atoms with Gasteiger partial charge in [-0.3, -0.25) is 4.79 Å². The van der Waals surface area contributed by atoms with E-state index in [0.29, 0.717) is 11.7 Å². The summed E-state index contributed by atoms with van der Waals surface area (Å²) in [5.41, 5.74) is 2.29. The van der Waals surface area contributed by atoms with Crippen LogP contribution in [0.2, 0.25) is 0 Å². The zero-order valence-corrected chi connectivity index (χ0v) is 19.0. The molecule has 170 valence electrons. The highest BCUT2D eigenvalue weighted by molar-refractivity contribution is 5.81. The van der Waals surface area contributed by atoms with Crippen LogP contribution in [-0.2, 0) is 17.8 Å². The van der Waals surface area contributed by atoms with Crippen LogP contribution in [0, 0.1) is 0 Å². The average molecular weight is 427 g/mol. The van der Waals surface area contributed by atoms with Crippen LogP contribution in [0.25, 0.3) is 11.4 Å². The molecule has 2 heterocycles. The van der Waals surface area contributed by atoms with Gasteiger partial charge in [0.25, 0.3) is 0 Å². The van der Waals surface area contributed by atoms with Crippen LogP contribution in [0.3, 0.4) is 0 Å². The summed E-state index contributed by atoms with van der Waals surface area (Å²) in [5.74, 6) is 1.01. The fourth-order valence-corrected chi connectivity index (χ4v) is 4.09. The van der Waals surface area contributed by atoms with Crippen molar-refractivity contribution in [1.82, 2.24) is 20.8 Å². The standard InChI is InChI=1S/C25H38N4O2/c1-2-3-4-5-6-7-8-9-12-20-14-16-21(17-15-20)24-28-23(31-29-24)19-27-25(30)22-13-10-11-18-26-22/h14-17,22,26H,2-13,18-19H2,1H3,(H,27,30)/t22-/m1/s1. The molecular formula is C25H38N4O2. The Morgan fingerprint density at radius 2 is 1.81 bits per heavy atom. The van der Waals surface area contributed by atoms with Gasteiger partial charge in [-0.2, -0.15) is 4.98 Å². The number of hydrogen-bond acceptors (Lipinski definition) is 5. The summed E-state index contributed by atoms with van der Waals surface area (Å²) in [6, 6.07) is 8.31. The number of aryl methyl sites for hydroxylation is 1. The third-order valence-electron chi connectivity index (χ3n) is 6.04. The van der Waals surface area contributed by atoms with Crippen molar-refractivity contribution in [3.05, 3.63) is 35.7 Å². The number of nitrogens with zero attached hydrogens (tertiary/aromatic N) is 2. The van der Waals surface area contributed by atoms with Gasteiger partial charge in [-0.15, -0.1) is 0 Å². The Bertz CT molecular complexity index is 766. The predicted octanol–water partition coefficient (Wildman–Crippen LogP) is 5.18. The molecule has 1 atom stereocenters. The summed E-state index contributed by atoms with van der Waals surface area (Å²) in [6.45, 7) is 3.43. The second kappa shape index (κ2) is 13.3. The van der Waals surface area contributed by atoms with E-state index in [2.05, 4.69) is 52.0 Å². The van der Waals surface area contributed by atoms with Crippen molar-refractivity contribution in [3.63, 3.8) is 0 Å². The van der Waals surface area contributed by atoms with Gasteiger partial charge in [-0.05, 0) is 37.8 Å². The molecule has 1 aromatic heterocycles. The maximum Gasteiger partial charge on any atom is 0.246 e. The maximum absolute atomic E-state index is 12.2. The Balaban J connectivity index is 1.37. The number of carbonyl (C=O) groups excluding carboxylic acids is 1. The molecule has 1 amide bonds. The predicted molar refractivity (Wildman–Crippen MR) is 124 cm³/mol. The van der Waals surface area contributed by atoms with Gasteiger partial charge < -0.3 is 15.2 Å². The highest BCUT2D eigenvalue weighted by atomic mass is 16.5. The zero-order chi connectivity index (χ0) is 21.7. The Kier molecular flexibility index (Phi) is 10.0. The third kappa shape index (κ3) is 8.09. The van der Waals surface area contributed by atoms with E-state index in [-0.39, 0.29) is 18.5 Å². The van der Waals surface area contributed by atoms with Crippen LogP contribution < -0.4 is 10.6 Å². The van der Waals surface area contributed by atoms with E-state index >= 15 is 0 Å². The molecule has 0 radical (unpaired) electrons. The van der Waals surface area contributed by atoms with Crippen LogP contribution in [0.1, 0.15) is 89.0 Å². The van der Waals surface area contributed by atoms with E-state index in [1.54, 1.807) is 0 Å². The van der Waals surface area contributed by atoms with Gasteiger partial charge >= 0.3 is 0 Å². The first-order valence-corrected chi connectivity index (χ1v) is 12.2. The molecular weight excluding hydrogens is 388 g/mol. The molecule has 1 aliphatic heterocycles. The van der Waals surface area contributed by atoms with Crippen molar-refractivity contribution in [1.29, 1.82) is 0 Å². The highest BCUT2D eigenvalue weighted by Crippen LogP contribution is 2.18. The minimum Gasteiger partial charge on any atom is -0.346 e. The number of benzene rings is 1. The fraction of sp³-hybridized carbons (Fsp3) is 0.640. The van der Waals surface area contributed by atoms with Crippen molar-refractivity contribution in [2.24, 2.45) is 0 Å². The van der Waals surface area contributed by atoms with Crippen molar-refractivity contribution >= 4 is 5.91 Å². The minimum atomic E-state index is -0.107. The third-order valence-corrected chi connectivity index (χ3v) is 6.04. The number of piperidine rings is 1. The van der Waals surface area contributed by atoms with E-state index in [9.17, 15) is 4.79 Å². The van der Waals surface area contributed by atoms with E-state index in [1.807, 2.05) is 0 Å². The molecule has 0 saturated carbocycles. The number of aromatic nitrogens is 2.